The molecule has 106 valence electrons. The van der Waals surface area contributed by atoms with Crippen LogP contribution in [0.25, 0.3) is 0 Å². The maximum absolute atomic E-state index is 12.5. The first-order valence-corrected chi connectivity index (χ1v) is 6.83. The fourth-order valence-corrected chi connectivity index (χ4v) is 2.20. The lowest BCUT2D eigenvalue weighted by Gasteiger charge is -2.29. The summed E-state index contributed by atoms with van der Waals surface area (Å²) in [5.41, 5.74) is 0.848. The average molecular weight is 273 g/mol. The Labute approximate surface area is 119 Å². The van der Waals surface area contributed by atoms with E-state index in [1.54, 1.807) is 4.90 Å². The van der Waals surface area contributed by atoms with Crippen molar-refractivity contribution in [2.24, 2.45) is 0 Å². The monoisotopic (exact) mass is 273 g/mol. The average Bonchev–Trinajstić information content (AvgIpc) is 2.50. The molecule has 1 aromatic carbocycles. The van der Waals surface area contributed by atoms with Gasteiger partial charge in [0.2, 0.25) is 5.91 Å². The van der Waals surface area contributed by atoms with E-state index in [4.69, 9.17) is 10.00 Å². The topological polar surface area (TPSA) is 56.6 Å². The molecule has 5 heteroatoms. The van der Waals surface area contributed by atoms with E-state index in [1.165, 1.54) is 0 Å². The largest absolute Gasteiger partial charge is 0.379 e. The molecule has 1 aromatic rings. The third-order valence-corrected chi connectivity index (χ3v) is 3.28. The number of ether oxygens (including phenoxy) is 1. The van der Waals surface area contributed by atoms with Crippen molar-refractivity contribution in [3.63, 3.8) is 0 Å². The van der Waals surface area contributed by atoms with E-state index in [2.05, 4.69) is 11.0 Å². The Morgan fingerprint density at radius 3 is 2.65 bits per heavy atom. The lowest BCUT2D eigenvalue weighted by molar-refractivity contribution is -0.120. The van der Waals surface area contributed by atoms with Gasteiger partial charge in [0.05, 0.1) is 32.2 Å². The van der Waals surface area contributed by atoms with E-state index in [0.29, 0.717) is 32.7 Å². The summed E-state index contributed by atoms with van der Waals surface area (Å²) in [5, 5.41) is 8.75. The van der Waals surface area contributed by atoms with Crippen LogP contribution >= 0.6 is 0 Å². The maximum Gasteiger partial charge on any atom is 0.241 e. The number of benzene rings is 1. The highest BCUT2D eigenvalue weighted by atomic mass is 16.5. The minimum atomic E-state index is 0.0355. The number of morpholine rings is 1. The second-order valence-corrected chi connectivity index (χ2v) is 4.68. The van der Waals surface area contributed by atoms with E-state index >= 15 is 0 Å². The second-order valence-electron chi connectivity index (χ2n) is 4.68. The number of rotatable bonds is 5. The Kier molecular flexibility index (Phi) is 5.54. The zero-order valence-corrected chi connectivity index (χ0v) is 11.5. The molecule has 1 aliphatic heterocycles. The van der Waals surface area contributed by atoms with Crippen molar-refractivity contribution < 1.29 is 9.53 Å². The van der Waals surface area contributed by atoms with Gasteiger partial charge < -0.3 is 9.64 Å². The molecule has 0 atom stereocenters. The molecular formula is C15H19N3O2. The molecule has 1 aliphatic rings. The summed E-state index contributed by atoms with van der Waals surface area (Å²) in [6, 6.07) is 11.6. The number of nitriles is 1. The standard InChI is InChI=1S/C15H19N3O2/c16-7-4-8-18(14-5-2-1-3-6-14)15(19)13-17-9-11-20-12-10-17/h1-3,5-6H,4,8-13H2. The molecule has 1 fully saturated rings. The van der Waals surface area contributed by atoms with E-state index in [9.17, 15) is 4.79 Å². The quantitative estimate of drug-likeness (QED) is 0.810. The van der Waals surface area contributed by atoms with Gasteiger partial charge in [0.15, 0.2) is 0 Å². The first kappa shape index (κ1) is 14.5. The molecule has 0 bridgehead atoms. The Morgan fingerprint density at radius 1 is 1.30 bits per heavy atom. The number of hydrogen-bond donors (Lipinski definition) is 0. The molecule has 0 aromatic heterocycles. The Balaban J connectivity index is 2.02. The van der Waals surface area contributed by atoms with Crippen molar-refractivity contribution in [3.05, 3.63) is 30.3 Å². The summed E-state index contributed by atoms with van der Waals surface area (Å²) in [7, 11) is 0. The number of anilines is 1. The minimum absolute atomic E-state index is 0.0355. The minimum Gasteiger partial charge on any atom is -0.379 e. The molecular weight excluding hydrogens is 254 g/mol. The highest BCUT2D eigenvalue weighted by Gasteiger charge is 2.20. The molecule has 1 heterocycles. The number of carbonyl (C=O) groups excluding carboxylic acids is 1. The third-order valence-electron chi connectivity index (χ3n) is 3.28. The van der Waals surface area contributed by atoms with Crippen LogP contribution in [0.1, 0.15) is 6.42 Å². The number of hydrogen-bond acceptors (Lipinski definition) is 4. The molecule has 0 N–H and O–H groups in total. The Bertz CT molecular complexity index is 464. The van der Waals surface area contributed by atoms with Gasteiger partial charge in [-0.05, 0) is 12.1 Å². The highest BCUT2D eigenvalue weighted by molar-refractivity contribution is 5.94. The van der Waals surface area contributed by atoms with Crippen LogP contribution in [0.4, 0.5) is 5.69 Å². The summed E-state index contributed by atoms with van der Waals surface area (Å²) in [6.45, 7) is 3.74. The van der Waals surface area contributed by atoms with Gasteiger partial charge in [-0.1, -0.05) is 18.2 Å². The first-order chi connectivity index (χ1) is 9.81. The predicted molar refractivity (Wildman–Crippen MR) is 76.3 cm³/mol. The molecule has 1 saturated heterocycles. The van der Waals surface area contributed by atoms with Crippen molar-refractivity contribution in [3.8, 4) is 6.07 Å². The fourth-order valence-electron chi connectivity index (χ4n) is 2.20. The van der Waals surface area contributed by atoms with Gasteiger partial charge in [0.25, 0.3) is 0 Å². The third kappa shape index (κ3) is 4.05. The van der Waals surface area contributed by atoms with Crippen molar-refractivity contribution in [1.82, 2.24) is 4.90 Å². The van der Waals surface area contributed by atoms with Crippen LogP contribution in [0.2, 0.25) is 0 Å². The Hall–Kier alpha value is -1.90. The highest BCUT2D eigenvalue weighted by Crippen LogP contribution is 2.14. The van der Waals surface area contributed by atoms with Crippen molar-refractivity contribution in [2.45, 2.75) is 6.42 Å². The molecule has 0 saturated carbocycles. The molecule has 1 amide bonds. The molecule has 0 spiro atoms. The van der Waals surface area contributed by atoms with Gasteiger partial charge in [-0.25, -0.2) is 0 Å². The van der Waals surface area contributed by atoms with Crippen molar-refractivity contribution in [2.75, 3.05) is 44.3 Å². The van der Waals surface area contributed by atoms with Gasteiger partial charge in [0, 0.05) is 25.3 Å². The summed E-state index contributed by atoms with van der Waals surface area (Å²) in [6.07, 6.45) is 0.337. The molecule has 0 unspecified atom stereocenters. The lowest BCUT2D eigenvalue weighted by atomic mass is 10.2. The van der Waals surface area contributed by atoms with E-state index in [-0.39, 0.29) is 5.91 Å². The van der Waals surface area contributed by atoms with Crippen LogP contribution < -0.4 is 4.90 Å². The fraction of sp³-hybridized carbons (Fsp3) is 0.467. The smallest absolute Gasteiger partial charge is 0.241 e. The summed E-state index contributed by atoms with van der Waals surface area (Å²) in [4.78, 5) is 16.2. The zero-order chi connectivity index (χ0) is 14.2. The van der Waals surface area contributed by atoms with Gasteiger partial charge in [0.1, 0.15) is 0 Å². The van der Waals surface area contributed by atoms with Gasteiger partial charge in [-0.3, -0.25) is 9.69 Å². The van der Waals surface area contributed by atoms with Crippen molar-refractivity contribution in [1.29, 1.82) is 5.26 Å². The van der Waals surface area contributed by atoms with Gasteiger partial charge in [-0.15, -0.1) is 0 Å². The molecule has 0 radical (unpaired) electrons. The summed E-state index contributed by atoms with van der Waals surface area (Å²) in [5.74, 6) is 0.0355. The van der Waals surface area contributed by atoms with Crippen LogP contribution in [-0.4, -0.2) is 50.2 Å². The summed E-state index contributed by atoms with van der Waals surface area (Å²) >= 11 is 0. The van der Waals surface area contributed by atoms with Gasteiger partial charge >= 0.3 is 0 Å². The van der Waals surface area contributed by atoms with Crippen LogP contribution in [0.3, 0.4) is 0 Å². The maximum atomic E-state index is 12.5. The van der Waals surface area contributed by atoms with Crippen LogP contribution in [-0.2, 0) is 9.53 Å². The number of nitrogens with zero attached hydrogens (tertiary/aromatic N) is 3. The number of para-hydroxylation sites is 1. The second kappa shape index (κ2) is 7.63. The normalized spacial score (nSPS) is 15.6. The van der Waals surface area contributed by atoms with E-state index in [1.807, 2.05) is 30.3 Å². The van der Waals surface area contributed by atoms with Gasteiger partial charge in [-0.2, -0.15) is 5.26 Å². The molecule has 20 heavy (non-hydrogen) atoms. The molecule has 5 nitrogen and oxygen atoms in total. The first-order valence-electron chi connectivity index (χ1n) is 6.83. The Morgan fingerprint density at radius 2 is 2.00 bits per heavy atom. The van der Waals surface area contributed by atoms with Crippen LogP contribution in [0.5, 0.6) is 0 Å². The molecule has 0 aliphatic carbocycles. The van der Waals surface area contributed by atoms with E-state index < -0.39 is 0 Å². The zero-order valence-electron chi connectivity index (χ0n) is 11.5. The predicted octanol–water partition coefficient (Wildman–Crippen LogP) is 1.27. The molecule has 2 rings (SSSR count). The van der Waals surface area contributed by atoms with Crippen LogP contribution in [0.15, 0.2) is 30.3 Å². The number of amides is 1. The van der Waals surface area contributed by atoms with Crippen molar-refractivity contribution >= 4 is 11.6 Å². The summed E-state index contributed by atoms with van der Waals surface area (Å²) < 4.78 is 5.28. The lowest BCUT2D eigenvalue weighted by Crippen LogP contribution is -2.45. The van der Waals surface area contributed by atoms with E-state index in [0.717, 1.165) is 18.8 Å². The van der Waals surface area contributed by atoms with Crippen LogP contribution in [0, 0.1) is 11.3 Å². The number of carbonyl (C=O) groups is 1. The SMILES string of the molecule is N#CCCN(C(=O)CN1CCOCC1)c1ccccc1.